The third-order valence-corrected chi connectivity index (χ3v) is 1.89. The van der Waals surface area contributed by atoms with Crippen molar-refractivity contribution in [3.63, 3.8) is 0 Å². The number of hydrogen-bond acceptors (Lipinski definition) is 4. The second-order valence-electron chi connectivity index (χ2n) is 3.09. The van der Waals surface area contributed by atoms with Crippen LogP contribution in [0, 0.1) is 0 Å². The van der Waals surface area contributed by atoms with Crippen LogP contribution in [-0.4, -0.2) is 31.3 Å². The van der Waals surface area contributed by atoms with Gasteiger partial charge in [0.15, 0.2) is 6.04 Å². The molecule has 1 N–H and O–H groups in total. The Hall–Kier alpha value is -1.67. The van der Waals surface area contributed by atoms with Crippen LogP contribution in [0.4, 0.5) is 13.2 Å². The van der Waals surface area contributed by atoms with Crippen LogP contribution in [0.2, 0.25) is 0 Å². The Balaban J connectivity index is 3.10. The summed E-state index contributed by atoms with van der Waals surface area (Å²) in [4.78, 5) is 10.8. The lowest BCUT2D eigenvalue weighted by Gasteiger charge is -2.13. The Morgan fingerprint density at radius 3 is 2.62 bits per heavy atom. The van der Waals surface area contributed by atoms with Gasteiger partial charge in [-0.05, 0) is 16.8 Å². The molecular weight excluding hydrogens is 229 g/mol. The molecule has 1 heterocycles. The lowest BCUT2D eigenvalue weighted by molar-refractivity contribution is -0.152. The standard InChI is InChI=1S/C7H9F3N4O2/c1-2-3-4(5(15)16)14-6(7(8,9)10)11-12-13-14/h4H,2-3H2,1H3,(H,15,16). The molecule has 1 aromatic rings. The molecule has 0 bridgehead atoms. The third kappa shape index (κ3) is 2.47. The minimum Gasteiger partial charge on any atom is -0.480 e. The van der Waals surface area contributed by atoms with Crippen molar-refractivity contribution < 1.29 is 23.1 Å². The van der Waals surface area contributed by atoms with E-state index in [2.05, 4.69) is 15.5 Å². The molecular formula is C7H9F3N4O2. The number of aliphatic carboxylic acids is 1. The van der Waals surface area contributed by atoms with Crippen LogP contribution in [0.15, 0.2) is 0 Å². The molecule has 0 saturated carbocycles. The van der Waals surface area contributed by atoms with Gasteiger partial charge in [-0.15, -0.1) is 5.10 Å². The zero-order valence-corrected chi connectivity index (χ0v) is 8.27. The summed E-state index contributed by atoms with van der Waals surface area (Å²) in [5.41, 5.74) is 0. The first kappa shape index (κ1) is 12.4. The zero-order valence-electron chi connectivity index (χ0n) is 8.27. The number of hydrogen-bond donors (Lipinski definition) is 1. The van der Waals surface area contributed by atoms with Gasteiger partial charge in [0.25, 0.3) is 5.82 Å². The highest BCUT2D eigenvalue weighted by atomic mass is 19.4. The molecule has 6 nitrogen and oxygen atoms in total. The van der Waals surface area contributed by atoms with E-state index in [-0.39, 0.29) is 6.42 Å². The zero-order chi connectivity index (χ0) is 12.3. The van der Waals surface area contributed by atoms with Gasteiger partial charge in [-0.1, -0.05) is 13.3 Å². The van der Waals surface area contributed by atoms with Gasteiger partial charge in [-0.25, -0.2) is 9.48 Å². The lowest BCUT2D eigenvalue weighted by Crippen LogP contribution is -2.25. The van der Waals surface area contributed by atoms with E-state index < -0.39 is 24.0 Å². The molecule has 0 saturated heterocycles. The minimum atomic E-state index is -4.76. The van der Waals surface area contributed by atoms with Gasteiger partial charge in [-0.3, -0.25) is 0 Å². The highest BCUT2D eigenvalue weighted by molar-refractivity contribution is 5.71. The number of aromatic nitrogens is 4. The fourth-order valence-corrected chi connectivity index (χ4v) is 1.21. The fourth-order valence-electron chi connectivity index (χ4n) is 1.21. The lowest BCUT2D eigenvalue weighted by atomic mass is 10.2. The van der Waals surface area contributed by atoms with Crippen molar-refractivity contribution in [2.75, 3.05) is 0 Å². The Kier molecular flexibility index (Phi) is 3.45. The van der Waals surface area contributed by atoms with Crippen LogP contribution in [-0.2, 0) is 11.0 Å². The number of carboxylic acids is 1. The molecule has 1 aromatic heterocycles. The largest absolute Gasteiger partial charge is 0.480 e. The average molecular weight is 238 g/mol. The molecule has 0 aliphatic rings. The van der Waals surface area contributed by atoms with Crippen LogP contribution in [0.25, 0.3) is 0 Å². The molecule has 1 rings (SSSR count). The van der Waals surface area contributed by atoms with Crippen LogP contribution in [0.5, 0.6) is 0 Å². The Morgan fingerprint density at radius 1 is 1.56 bits per heavy atom. The van der Waals surface area contributed by atoms with Gasteiger partial charge in [0.05, 0.1) is 0 Å². The van der Waals surface area contributed by atoms with Crippen LogP contribution >= 0.6 is 0 Å². The van der Waals surface area contributed by atoms with Crippen molar-refractivity contribution in [1.82, 2.24) is 20.2 Å². The molecule has 0 spiro atoms. The van der Waals surface area contributed by atoms with Gasteiger partial charge >= 0.3 is 12.1 Å². The molecule has 0 aliphatic heterocycles. The van der Waals surface area contributed by atoms with Gasteiger partial charge in [0, 0.05) is 0 Å². The number of carbonyl (C=O) groups is 1. The van der Waals surface area contributed by atoms with Gasteiger partial charge < -0.3 is 5.11 Å². The van der Waals surface area contributed by atoms with Crippen LogP contribution in [0.3, 0.4) is 0 Å². The number of rotatable bonds is 4. The van der Waals surface area contributed by atoms with E-state index in [0.29, 0.717) is 11.1 Å². The van der Waals surface area contributed by atoms with Gasteiger partial charge in [0.1, 0.15) is 0 Å². The normalized spacial score (nSPS) is 13.8. The number of halogens is 3. The molecule has 0 aromatic carbocycles. The Morgan fingerprint density at radius 2 is 2.19 bits per heavy atom. The van der Waals surface area contributed by atoms with Gasteiger partial charge in [0.2, 0.25) is 0 Å². The van der Waals surface area contributed by atoms with Gasteiger partial charge in [-0.2, -0.15) is 13.2 Å². The molecule has 1 atom stereocenters. The van der Waals surface area contributed by atoms with E-state index in [0.717, 1.165) is 0 Å². The second kappa shape index (κ2) is 4.45. The Labute approximate surface area is 88.1 Å². The molecule has 16 heavy (non-hydrogen) atoms. The Bertz CT molecular complexity index is 376. The number of tetrazole rings is 1. The summed E-state index contributed by atoms with van der Waals surface area (Å²) in [5, 5.41) is 17.5. The molecule has 9 heteroatoms. The second-order valence-corrected chi connectivity index (χ2v) is 3.09. The summed E-state index contributed by atoms with van der Waals surface area (Å²) in [7, 11) is 0. The van der Waals surface area contributed by atoms with E-state index in [1.807, 2.05) is 0 Å². The highest BCUT2D eigenvalue weighted by Gasteiger charge is 2.40. The molecule has 0 radical (unpaired) electrons. The maximum absolute atomic E-state index is 12.4. The van der Waals surface area contributed by atoms with Crippen LogP contribution < -0.4 is 0 Å². The van der Waals surface area contributed by atoms with E-state index in [1.54, 1.807) is 6.92 Å². The van der Waals surface area contributed by atoms with Crippen molar-refractivity contribution >= 4 is 5.97 Å². The average Bonchev–Trinajstić information content (AvgIpc) is 2.60. The predicted octanol–water partition coefficient (Wildman–Crippen LogP) is 1.12. The SMILES string of the molecule is CCCC(C(=O)O)n1nnnc1C(F)(F)F. The van der Waals surface area contributed by atoms with Crippen molar-refractivity contribution in [2.24, 2.45) is 0 Å². The first-order valence-corrected chi connectivity index (χ1v) is 4.45. The summed E-state index contributed by atoms with van der Waals surface area (Å²) in [6, 6.07) is -1.39. The number of nitrogens with zero attached hydrogens (tertiary/aromatic N) is 4. The molecule has 0 fully saturated rings. The van der Waals surface area contributed by atoms with E-state index in [9.17, 15) is 18.0 Å². The van der Waals surface area contributed by atoms with Crippen molar-refractivity contribution in [3.05, 3.63) is 5.82 Å². The van der Waals surface area contributed by atoms with E-state index >= 15 is 0 Å². The smallest absolute Gasteiger partial charge is 0.453 e. The molecule has 0 aliphatic carbocycles. The monoisotopic (exact) mass is 238 g/mol. The van der Waals surface area contributed by atoms with Crippen molar-refractivity contribution in [1.29, 1.82) is 0 Å². The van der Waals surface area contributed by atoms with Crippen molar-refractivity contribution in [2.45, 2.75) is 32.0 Å². The summed E-state index contributed by atoms with van der Waals surface area (Å²) >= 11 is 0. The van der Waals surface area contributed by atoms with Crippen LogP contribution in [0.1, 0.15) is 31.6 Å². The summed E-state index contributed by atoms with van der Waals surface area (Å²) < 4.78 is 37.5. The minimum absolute atomic E-state index is 0.0312. The fraction of sp³-hybridized carbons (Fsp3) is 0.714. The molecule has 0 amide bonds. The summed E-state index contributed by atoms with van der Waals surface area (Å²) in [5.74, 6) is -2.78. The first-order chi connectivity index (χ1) is 7.38. The summed E-state index contributed by atoms with van der Waals surface area (Å²) in [6.07, 6.45) is -4.32. The third-order valence-electron chi connectivity index (χ3n) is 1.89. The highest BCUT2D eigenvalue weighted by Crippen LogP contribution is 2.29. The maximum atomic E-state index is 12.4. The van der Waals surface area contributed by atoms with E-state index in [1.165, 1.54) is 0 Å². The topological polar surface area (TPSA) is 80.9 Å². The summed E-state index contributed by atoms with van der Waals surface area (Å²) in [6.45, 7) is 1.66. The quantitative estimate of drug-likeness (QED) is 0.849. The van der Waals surface area contributed by atoms with Crippen molar-refractivity contribution in [3.8, 4) is 0 Å². The number of carboxylic acid groups (broad SMARTS) is 1. The first-order valence-electron chi connectivity index (χ1n) is 4.45. The predicted molar refractivity (Wildman–Crippen MR) is 44.4 cm³/mol. The molecule has 1 unspecified atom stereocenters. The maximum Gasteiger partial charge on any atom is 0.453 e. The molecule has 90 valence electrons. The van der Waals surface area contributed by atoms with E-state index in [4.69, 9.17) is 5.11 Å². The number of alkyl halides is 3.